The molecule has 0 N–H and O–H groups in total. The molecule has 0 fully saturated rings. The molecule has 0 unspecified atom stereocenters. The maximum Gasteiger partial charge on any atom is 0.0701 e. The van der Waals surface area contributed by atoms with Crippen molar-refractivity contribution in [3.63, 3.8) is 0 Å². The molecule has 2 aromatic heterocycles. The monoisotopic (exact) mass is 215 g/mol. The molecule has 3 rings (SSSR count). The quantitative estimate of drug-likeness (QED) is 0.578. The molecule has 0 spiro atoms. The predicted molar refractivity (Wildman–Crippen MR) is 61.7 cm³/mol. The third kappa shape index (κ3) is 2.82. The fraction of sp³-hybridized carbons (Fsp3) is 0. The molecule has 1 aromatic carbocycles. The average molecular weight is 215 g/mol. The van der Waals surface area contributed by atoms with Gasteiger partial charge in [0.1, 0.15) is 0 Å². The Bertz CT molecular complexity index is 425. The normalized spacial score (nSPS) is 9.33. The Morgan fingerprint density at radius 1 is 0.933 bits per heavy atom. The van der Waals surface area contributed by atoms with Gasteiger partial charge in [-0.25, -0.2) is 0 Å². The third-order valence-corrected chi connectivity index (χ3v) is 2.23. The first-order valence-corrected chi connectivity index (χ1v) is 5.31. The van der Waals surface area contributed by atoms with E-state index in [1.807, 2.05) is 35.8 Å². The molecule has 0 radical (unpaired) electrons. The van der Waals surface area contributed by atoms with Gasteiger partial charge in [-0.2, -0.15) is 0 Å². The van der Waals surface area contributed by atoms with Gasteiger partial charge in [-0.15, -0.1) is 5.10 Å². The van der Waals surface area contributed by atoms with Crippen LogP contribution >= 0.6 is 11.5 Å². The van der Waals surface area contributed by atoms with Crippen molar-refractivity contribution in [3.05, 3.63) is 54.2 Å². The van der Waals surface area contributed by atoms with Crippen molar-refractivity contribution in [2.45, 2.75) is 0 Å². The van der Waals surface area contributed by atoms with Crippen LogP contribution in [0, 0.1) is 0 Å². The third-order valence-electron chi connectivity index (χ3n) is 1.79. The number of aromatic nitrogens is 3. The summed E-state index contributed by atoms with van der Waals surface area (Å²) in [6.45, 7) is 0. The Kier molecular flexibility index (Phi) is 3.35. The van der Waals surface area contributed by atoms with E-state index in [9.17, 15) is 0 Å². The molecule has 3 aromatic rings. The highest BCUT2D eigenvalue weighted by Gasteiger charge is 1.86. The fourth-order valence-corrected chi connectivity index (χ4v) is 1.42. The zero-order chi connectivity index (χ0) is 10.3. The van der Waals surface area contributed by atoms with E-state index < -0.39 is 0 Å². The molecule has 15 heavy (non-hydrogen) atoms. The number of hydrogen-bond acceptors (Lipinski definition) is 4. The first-order valence-electron chi connectivity index (χ1n) is 4.47. The molecular formula is C11H9N3S. The van der Waals surface area contributed by atoms with Gasteiger partial charge < -0.3 is 0 Å². The molecule has 0 saturated heterocycles. The van der Waals surface area contributed by atoms with Crippen LogP contribution in [0.15, 0.2) is 54.2 Å². The van der Waals surface area contributed by atoms with Crippen LogP contribution in [0.2, 0.25) is 0 Å². The molecule has 0 saturated carbocycles. The largest absolute Gasteiger partial charge is 0.256 e. The number of fused-ring (bicyclic) bond motifs is 1. The highest BCUT2D eigenvalue weighted by atomic mass is 32.1. The minimum Gasteiger partial charge on any atom is -0.256 e. The van der Waals surface area contributed by atoms with Gasteiger partial charge in [-0.1, -0.05) is 28.8 Å². The van der Waals surface area contributed by atoms with Crippen LogP contribution in [0.25, 0.3) is 10.9 Å². The van der Waals surface area contributed by atoms with E-state index in [1.165, 1.54) is 16.9 Å². The van der Waals surface area contributed by atoms with E-state index in [0.717, 1.165) is 5.52 Å². The molecule has 0 bridgehead atoms. The van der Waals surface area contributed by atoms with Crippen molar-refractivity contribution >= 4 is 22.4 Å². The second-order valence-corrected chi connectivity index (χ2v) is 3.43. The van der Waals surface area contributed by atoms with Gasteiger partial charge in [-0.3, -0.25) is 4.98 Å². The Hall–Kier alpha value is -1.81. The highest BCUT2D eigenvalue weighted by molar-refractivity contribution is 7.03. The van der Waals surface area contributed by atoms with Crippen LogP contribution in [0.5, 0.6) is 0 Å². The van der Waals surface area contributed by atoms with Crippen molar-refractivity contribution < 1.29 is 0 Å². The first-order chi connectivity index (χ1) is 7.47. The van der Waals surface area contributed by atoms with Crippen LogP contribution in [0.3, 0.4) is 0 Å². The minimum atomic E-state index is 1.06. The van der Waals surface area contributed by atoms with Crippen molar-refractivity contribution in [3.8, 4) is 0 Å². The van der Waals surface area contributed by atoms with Crippen LogP contribution in [0.4, 0.5) is 0 Å². The zero-order valence-electron chi connectivity index (χ0n) is 7.95. The van der Waals surface area contributed by atoms with E-state index in [0.29, 0.717) is 0 Å². The second kappa shape index (κ2) is 5.17. The number of rotatable bonds is 0. The molecule has 0 aliphatic carbocycles. The summed E-state index contributed by atoms with van der Waals surface area (Å²) in [5, 5.41) is 6.51. The van der Waals surface area contributed by atoms with E-state index in [2.05, 4.69) is 26.7 Å². The lowest BCUT2D eigenvalue weighted by Crippen LogP contribution is -1.73. The highest BCUT2D eigenvalue weighted by Crippen LogP contribution is 2.07. The molecule has 0 aliphatic heterocycles. The molecule has 0 amide bonds. The fourth-order valence-electron chi connectivity index (χ4n) is 1.15. The van der Waals surface area contributed by atoms with Gasteiger partial charge in [0.15, 0.2) is 0 Å². The van der Waals surface area contributed by atoms with Gasteiger partial charge in [-0.05, 0) is 23.7 Å². The van der Waals surface area contributed by atoms with Gasteiger partial charge in [0, 0.05) is 17.0 Å². The number of para-hydroxylation sites is 1. The maximum absolute atomic E-state index is 4.18. The first kappa shape index (κ1) is 9.73. The van der Waals surface area contributed by atoms with Gasteiger partial charge in [0.2, 0.25) is 0 Å². The van der Waals surface area contributed by atoms with Gasteiger partial charge in [0.25, 0.3) is 0 Å². The second-order valence-electron chi connectivity index (χ2n) is 2.78. The number of nitrogens with zero attached hydrogens (tertiary/aromatic N) is 3. The Labute approximate surface area is 91.6 Å². The lowest BCUT2D eigenvalue weighted by Gasteiger charge is -1.91. The molecule has 0 aliphatic rings. The number of benzene rings is 1. The minimum absolute atomic E-state index is 1.06. The van der Waals surface area contributed by atoms with Gasteiger partial charge >= 0.3 is 0 Å². The van der Waals surface area contributed by atoms with Crippen LogP contribution < -0.4 is 0 Å². The summed E-state index contributed by atoms with van der Waals surface area (Å²) >= 11 is 1.35. The Balaban J connectivity index is 0.000000144. The maximum atomic E-state index is 4.18. The molecule has 3 nitrogen and oxygen atoms in total. The molecule has 2 heterocycles. The lowest BCUT2D eigenvalue weighted by atomic mass is 10.2. The standard InChI is InChI=1S/C9H7N.C2H2N2S/c1-2-6-9-8(4-1)5-3-7-10-9;1-2-5-4-3-1/h1-7H;1-2H. The predicted octanol–water partition coefficient (Wildman–Crippen LogP) is 2.77. The van der Waals surface area contributed by atoms with Crippen molar-refractivity contribution in [1.82, 2.24) is 14.6 Å². The molecule has 74 valence electrons. The summed E-state index contributed by atoms with van der Waals surface area (Å²) in [6, 6.07) is 12.1. The SMILES string of the molecule is c1ccc2ncccc2c1.c1csnn1. The molecule has 4 heteroatoms. The summed E-state index contributed by atoms with van der Waals surface area (Å²) in [5.41, 5.74) is 1.06. The summed E-state index contributed by atoms with van der Waals surface area (Å²) in [4.78, 5) is 4.18. The zero-order valence-corrected chi connectivity index (χ0v) is 8.76. The summed E-state index contributed by atoms with van der Waals surface area (Å²) in [5.74, 6) is 0. The summed E-state index contributed by atoms with van der Waals surface area (Å²) < 4.78 is 3.51. The summed E-state index contributed by atoms with van der Waals surface area (Å²) in [6.07, 6.45) is 3.47. The number of hydrogen-bond donors (Lipinski definition) is 0. The smallest absolute Gasteiger partial charge is 0.0701 e. The van der Waals surface area contributed by atoms with Crippen molar-refractivity contribution in [2.75, 3.05) is 0 Å². The Morgan fingerprint density at radius 3 is 2.47 bits per heavy atom. The van der Waals surface area contributed by atoms with Crippen molar-refractivity contribution in [2.24, 2.45) is 0 Å². The van der Waals surface area contributed by atoms with E-state index in [1.54, 1.807) is 6.20 Å². The number of pyridine rings is 1. The van der Waals surface area contributed by atoms with Crippen LogP contribution in [-0.4, -0.2) is 14.6 Å². The van der Waals surface area contributed by atoms with Crippen molar-refractivity contribution in [1.29, 1.82) is 0 Å². The van der Waals surface area contributed by atoms with E-state index >= 15 is 0 Å². The molecule has 0 atom stereocenters. The summed E-state index contributed by atoms with van der Waals surface area (Å²) in [7, 11) is 0. The average Bonchev–Trinajstić information content (AvgIpc) is 2.88. The van der Waals surface area contributed by atoms with E-state index in [4.69, 9.17) is 0 Å². The van der Waals surface area contributed by atoms with Crippen LogP contribution in [0.1, 0.15) is 0 Å². The topological polar surface area (TPSA) is 38.7 Å². The Morgan fingerprint density at radius 2 is 1.80 bits per heavy atom. The van der Waals surface area contributed by atoms with Gasteiger partial charge in [0.05, 0.1) is 11.7 Å². The van der Waals surface area contributed by atoms with Crippen LogP contribution in [-0.2, 0) is 0 Å². The molecular weight excluding hydrogens is 206 g/mol. The lowest BCUT2D eigenvalue weighted by molar-refractivity contribution is 1.16. The van der Waals surface area contributed by atoms with E-state index in [-0.39, 0.29) is 0 Å².